The molecule has 1 aromatic carbocycles. The average molecular weight is 536 g/mol. The summed E-state index contributed by atoms with van der Waals surface area (Å²) in [6, 6.07) is 8.51. The molecule has 38 heavy (non-hydrogen) atoms. The number of anilines is 1. The molecule has 3 aromatic rings. The maximum absolute atomic E-state index is 12.7. The van der Waals surface area contributed by atoms with Gasteiger partial charge in [0, 0.05) is 67.4 Å². The number of likely N-dealkylation sites (tertiary alicyclic amines) is 1. The highest BCUT2D eigenvalue weighted by Gasteiger charge is 2.32. The summed E-state index contributed by atoms with van der Waals surface area (Å²) in [5.74, 6) is 1.10. The van der Waals surface area contributed by atoms with Crippen molar-refractivity contribution >= 4 is 23.5 Å². The van der Waals surface area contributed by atoms with Crippen molar-refractivity contribution in [2.45, 2.75) is 62.8 Å². The van der Waals surface area contributed by atoms with Crippen LogP contribution in [0.3, 0.4) is 0 Å². The predicted molar refractivity (Wildman–Crippen MR) is 145 cm³/mol. The van der Waals surface area contributed by atoms with E-state index in [1.165, 1.54) is 5.56 Å². The molecule has 2 aliphatic heterocycles. The molecule has 0 unspecified atom stereocenters. The second-order valence-electron chi connectivity index (χ2n) is 10.9. The first-order chi connectivity index (χ1) is 18.5. The van der Waals surface area contributed by atoms with E-state index in [1.54, 1.807) is 17.1 Å². The van der Waals surface area contributed by atoms with Crippen LogP contribution in [0.2, 0.25) is 5.02 Å². The van der Waals surface area contributed by atoms with Crippen molar-refractivity contribution in [1.82, 2.24) is 30.0 Å². The van der Waals surface area contributed by atoms with E-state index in [0.717, 1.165) is 74.8 Å². The first-order valence-electron chi connectivity index (χ1n) is 13.6. The lowest BCUT2D eigenvalue weighted by molar-refractivity contribution is 0.0909. The number of aliphatic hydroxyl groups is 1. The van der Waals surface area contributed by atoms with Gasteiger partial charge < -0.3 is 15.3 Å². The molecule has 3 aliphatic rings. The first-order valence-corrected chi connectivity index (χ1v) is 13.9. The Kier molecular flexibility index (Phi) is 7.32. The number of hydrogen-bond acceptors (Lipinski definition) is 7. The van der Waals surface area contributed by atoms with Gasteiger partial charge in [0.25, 0.3) is 5.91 Å². The Morgan fingerprint density at radius 1 is 1.13 bits per heavy atom. The standard InChI is InChI=1S/C28H34ClN7O2/c29-23-4-1-3-20(9-23)21-10-24(11-21)33-27(38)22-14-32-35(16-22)15-19-12-30-28(31-13-19)36-7-2-5-25(36)17-34-8-6-26(37)18-34/h1,3-4,9,12-14,16,21,24-26,37H,2,5-8,10-11,15,17-18H2,(H,33,38)/t21-,24+,25-,26+/m0/s1. The molecule has 4 heterocycles. The molecule has 2 N–H and O–H groups in total. The van der Waals surface area contributed by atoms with Crippen LogP contribution in [-0.4, -0.2) is 80.0 Å². The van der Waals surface area contributed by atoms with Gasteiger partial charge in [0.1, 0.15) is 0 Å². The Morgan fingerprint density at radius 2 is 1.97 bits per heavy atom. The Morgan fingerprint density at radius 3 is 2.74 bits per heavy atom. The zero-order chi connectivity index (χ0) is 26.1. The highest BCUT2D eigenvalue weighted by molar-refractivity contribution is 6.30. The van der Waals surface area contributed by atoms with Crippen LogP contribution in [0, 0.1) is 0 Å². The SMILES string of the molecule is O=C(N[C@H]1C[C@@H](c2cccc(Cl)c2)C1)c1cnn(Cc2cnc(N3CCC[C@H]3CN3CC[C@@H](O)C3)nc2)c1. The van der Waals surface area contributed by atoms with Crippen LogP contribution in [0.1, 0.15) is 59.5 Å². The minimum atomic E-state index is -0.195. The maximum atomic E-state index is 12.7. The van der Waals surface area contributed by atoms with Crippen molar-refractivity contribution in [2.24, 2.45) is 0 Å². The van der Waals surface area contributed by atoms with Crippen LogP contribution in [-0.2, 0) is 6.54 Å². The number of halogens is 1. The number of aromatic nitrogens is 4. The van der Waals surface area contributed by atoms with E-state index in [0.29, 0.717) is 24.1 Å². The molecule has 3 fully saturated rings. The molecule has 6 rings (SSSR count). The number of β-amino-alcohol motifs (C(OH)–C–C–N with tert-alkyl or cyclic N) is 1. The van der Waals surface area contributed by atoms with E-state index >= 15 is 0 Å². The topological polar surface area (TPSA) is 99.4 Å². The second-order valence-corrected chi connectivity index (χ2v) is 11.3. The molecular weight excluding hydrogens is 502 g/mol. The van der Waals surface area contributed by atoms with Gasteiger partial charge in [-0.2, -0.15) is 5.10 Å². The minimum Gasteiger partial charge on any atom is -0.392 e. The Labute approximate surface area is 227 Å². The number of aliphatic hydroxyl groups excluding tert-OH is 1. The van der Waals surface area contributed by atoms with Crippen molar-refractivity contribution < 1.29 is 9.90 Å². The van der Waals surface area contributed by atoms with Crippen LogP contribution < -0.4 is 10.2 Å². The van der Waals surface area contributed by atoms with Crippen molar-refractivity contribution in [3.05, 3.63) is 70.8 Å². The lowest BCUT2D eigenvalue weighted by Gasteiger charge is -2.36. The molecule has 1 aliphatic carbocycles. The van der Waals surface area contributed by atoms with Crippen molar-refractivity contribution in [3.63, 3.8) is 0 Å². The summed E-state index contributed by atoms with van der Waals surface area (Å²) < 4.78 is 1.75. The summed E-state index contributed by atoms with van der Waals surface area (Å²) in [4.78, 5) is 26.7. The molecular formula is C28H34ClN7O2. The largest absolute Gasteiger partial charge is 0.392 e. The van der Waals surface area contributed by atoms with E-state index in [4.69, 9.17) is 11.6 Å². The molecule has 2 atom stereocenters. The molecule has 0 spiro atoms. The second kappa shape index (κ2) is 11.0. The third-order valence-electron chi connectivity index (χ3n) is 8.08. The fraction of sp³-hybridized carbons (Fsp3) is 0.500. The first kappa shape index (κ1) is 25.3. The Balaban J connectivity index is 0.998. The van der Waals surface area contributed by atoms with Gasteiger partial charge in [-0.05, 0) is 55.7 Å². The normalized spacial score (nSPS) is 25.5. The lowest BCUT2D eigenvalue weighted by Crippen LogP contribution is -2.43. The molecule has 9 nitrogen and oxygen atoms in total. The van der Waals surface area contributed by atoms with Gasteiger partial charge in [0.2, 0.25) is 5.95 Å². The third kappa shape index (κ3) is 5.70. The number of nitrogens with zero attached hydrogens (tertiary/aromatic N) is 6. The number of rotatable bonds is 8. The lowest BCUT2D eigenvalue weighted by atomic mass is 9.76. The zero-order valence-electron chi connectivity index (χ0n) is 21.4. The van der Waals surface area contributed by atoms with Gasteiger partial charge in [0.15, 0.2) is 0 Å². The quantitative estimate of drug-likeness (QED) is 0.457. The summed E-state index contributed by atoms with van der Waals surface area (Å²) in [6.45, 7) is 4.13. The van der Waals surface area contributed by atoms with E-state index in [-0.39, 0.29) is 18.1 Å². The third-order valence-corrected chi connectivity index (χ3v) is 8.31. The average Bonchev–Trinajstić information content (AvgIpc) is 3.64. The summed E-state index contributed by atoms with van der Waals surface area (Å²) in [6.07, 6.45) is 11.8. The zero-order valence-corrected chi connectivity index (χ0v) is 22.2. The number of carbonyl (C=O) groups is 1. The molecule has 10 heteroatoms. The van der Waals surface area contributed by atoms with Gasteiger partial charge in [-0.3, -0.25) is 14.4 Å². The predicted octanol–water partition coefficient (Wildman–Crippen LogP) is 3.09. The number of nitrogens with one attached hydrogen (secondary N) is 1. The summed E-state index contributed by atoms with van der Waals surface area (Å²) >= 11 is 6.11. The van der Waals surface area contributed by atoms with E-state index in [2.05, 4.69) is 36.2 Å². The molecule has 1 saturated carbocycles. The monoisotopic (exact) mass is 535 g/mol. The minimum absolute atomic E-state index is 0.0945. The fourth-order valence-corrected chi connectivity index (χ4v) is 6.13. The summed E-state index contributed by atoms with van der Waals surface area (Å²) in [5.41, 5.74) is 2.72. The van der Waals surface area contributed by atoms with Gasteiger partial charge in [-0.25, -0.2) is 9.97 Å². The van der Waals surface area contributed by atoms with Crippen molar-refractivity contribution in [3.8, 4) is 0 Å². The van der Waals surface area contributed by atoms with Gasteiger partial charge >= 0.3 is 0 Å². The van der Waals surface area contributed by atoms with E-state index in [1.807, 2.05) is 30.6 Å². The van der Waals surface area contributed by atoms with Crippen molar-refractivity contribution in [2.75, 3.05) is 31.1 Å². The number of hydrogen-bond donors (Lipinski definition) is 2. The van der Waals surface area contributed by atoms with E-state index < -0.39 is 0 Å². The van der Waals surface area contributed by atoms with Gasteiger partial charge in [-0.1, -0.05) is 23.7 Å². The molecule has 200 valence electrons. The van der Waals surface area contributed by atoms with Crippen molar-refractivity contribution in [1.29, 1.82) is 0 Å². The molecule has 2 aromatic heterocycles. The maximum Gasteiger partial charge on any atom is 0.254 e. The Hall–Kier alpha value is -3.01. The molecule has 0 radical (unpaired) electrons. The smallest absolute Gasteiger partial charge is 0.254 e. The van der Waals surface area contributed by atoms with Crippen LogP contribution in [0.5, 0.6) is 0 Å². The fourth-order valence-electron chi connectivity index (χ4n) is 5.93. The number of benzene rings is 1. The van der Waals surface area contributed by atoms with Crippen LogP contribution in [0.4, 0.5) is 5.95 Å². The summed E-state index contributed by atoms with van der Waals surface area (Å²) in [5, 5.41) is 18.1. The summed E-state index contributed by atoms with van der Waals surface area (Å²) in [7, 11) is 0. The van der Waals surface area contributed by atoms with E-state index in [9.17, 15) is 9.90 Å². The highest BCUT2D eigenvalue weighted by atomic mass is 35.5. The highest BCUT2D eigenvalue weighted by Crippen LogP contribution is 2.37. The van der Waals surface area contributed by atoms with Crippen LogP contribution in [0.15, 0.2) is 49.1 Å². The number of amides is 1. The molecule has 1 amide bonds. The number of carbonyl (C=O) groups excluding carboxylic acids is 1. The molecule has 2 saturated heterocycles. The molecule has 0 bridgehead atoms. The Bertz CT molecular complexity index is 1260. The van der Waals surface area contributed by atoms with Gasteiger partial charge in [-0.15, -0.1) is 0 Å². The van der Waals surface area contributed by atoms with Crippen LogP contribution in [0.25, 0.3) is 0 Å². The van der Waals surface area contributed by atoms with Crippen LogP contribution >= 0.6 is 11.6 Å². The van der Waals surface area contributed by atoms with Gasteiger partial charge in [0.05, 0.1) is 24.4 Å².